The number of rotatable bonds is 7. The number of hydrogen-bond donors (Lipinski definition) is 2. The Morgan fingerprint density at radius 3 is 2.44 bits per heavy atom. The lowest BCUT2D eigenvalue weighted by Crippen LogP contribution is -2.49. The number of nitrogens with one attached hydrogen (secondary N) is 1. The molecule has 1 aliphatic carbocycles. The fraction of sp³-hybridized carbons (Fsp3) is 0.238. The average Bonchev–Trinajstić information content (AvgIpc) is 2.64. The third-order valence-corrected chi connectivity index (χ3v) is 4.73. The van der Waals surface area contributed by atoms with Crippen molar-refractivity contribution in [3.63, 3.8) is 0 Å². The number of amides is 1. The molecule has 27 heavy (non-hydrogen) atoms. The van der Waals surface area contributed by atoms with E-state index >= 15 is 0 Å². The van der Waals surface area contributed by atoms with Crippen LogP contribution in [0.25, 0.3) is 0 Å². The Kier molecular flexibility index (Phi) is 8.47. The van der Waals surface area contributed by atoms with Crippen LogP contribution in [0.3, 0.4) is 0 Å². The summed E-state index contributed by atoms with van der Waals surface area (Å²) in [7, 11) is 1.30. The number of hydrogen-bond acceptors (Lipinski definition) is 4. The second-order valence-electron chi connectivity index (χ2n) is 6.10. The molecule has 2 atom stereocenters. The van der Waals surface area contributed by atoms with Gasteiger partial charge >= 0.3 is 5.97 Å². The topological polar surface area (TPSA) is 81.4 Å². The van der Waals surface area contributed by atoms with E-state index in [2.05, 4.69) is 27.9 Å². The van der Waals surface area contributed by atoms with Gasteiger partial charge in [-0.05, 0) is 52.3 Å². The molecule has 5 nitrogen and oxygen atoms in total. The minimum atomic E-state index is -0.794. The number of allylic oxidation sites excluding steroid dienone is 7. The SMILES string of the molecule is COC(=O)[C@H](CC1=C/C=C\C=C/C=C1)NC(=O)[C@H](N)Cc1ccc(I)cc1. The maximum absolute atomic E-state index is 12.5. The van der Waals surface area contributed by atoms with Crippen LogP contribution < -0.4 is 11.1 Å². The first-order valence-electron chi connectivity index (χ1n) is 8.58. The van der Waals surface area contributed by atoms with E-state index in [1.54, 1.807) is 0 Å². The molecule has 0 saturated heterocycles. The first-order chi connectivity index (χ1) is 13.0. The molecule has 0 spiro atoms. The molecule has 1 aromatic carbocycles. The molecule has 0 aliphatic heterocycles. The number of benzene rings is 1. The Hall–Kier alpha value is -2.19. The highest BCUT2D eigenvalue weighted by Gasteiger charge is 2.25. The fourth-order valence-corrected chi connectivity index (χ4v) is 2.92. The molecule has 0 heterocycles. The van der Waals surface area contributed by atoms with Crippen LogP contribution in [-0.2, 0) is 20.7 Å². The summed E-state index contributed by atoms with van der Waals surface area (Å²) >= 11 is 2.22. The van der Waals surface area contributed by atoms with E-state index in [0.29, 0.717) is 12.8 Å². The molecule has 6 heteroatoms. The lowest BCUT2D eigenvalue weighted by atomic mass is 10.0. The highest BCUT2D eigenvalue weighted by Crippen LogP contribution is 2.12. The normalized spacial score (nSPS) is 17.7. The highest BCUT2D eigenvalue weighted by atomic mass is 127. The number of nitrogens with two attached hydrogens (primary N) is 1. The maximum atomic E-state index is 12.5. The van der Waals surface area contributed by atoms with Crippen molar-refractivity contribution in [2.24, 2.45) is 5.73 Å². The summed E-state index contributed by atoms with van der Waals surface area (Å²) in [5.74, 6) is -0.879. The summed E-state index contributed by atoms with van der Waals surface area (Å²) < 4.78 is 5.96. The number of halogens is 1. The van der Waals surface area contributed by atoms with Crippen molar-refractivity contribution in [2.45, 2.75) is 24.9 Å². The van der Waals surface area contributed by atoms with Gasteiger partial charge in [0.25, 0.3) is 0 Å². The van der Waals surface area contributed by atoms with Crippen LogP contribution in [-0.4, -0.2) is 31.1 Å². The Morgan fingerprint density at radius 2 is 1.74 bits per heavy atom. The number of methoxy groups -OCH3 is 1. The number of ether oxygens (including phenoxy) is 1. The maximum Gasteiger partial charge on any atom is 0.328 e. The van der Waals surface area contributed by atoms with Crippen LogP contribution in [0.4, 0.5) is 0 Å². The third kappa shape index (κ3) is 7.15. The summed E-state index contributed by atoms with van der Waals surface area (Å²) in [6.07, 6.45) is 14.0. The van der Waals surface area contributed by atoms with Gasteiger partial charge in [0.15, 0.2) is 0 Å². The predicted molar refractivity (Wildman–Crippen MR) is 115 cm³/mol. The zero-order valence-corrected chi connectivity index (χ0v) is 17.3. The largest absolute Gasteiger partial charge is 0.467 e. The average molecular weight is 478 g/mol. The van der Waals surface area contributed by atoms with Crippen LogP contribution >= 0.6 is 22.6 Å². The molecule has 0 aromatic heterocycles. The van der Waals surface area contributed by atoms with Gasteiger partial charge in [0.05, 0.1) is 13.2 Å². The highest BCUT2D eigenvalue weighted by molar-refractivity contribution is 14.1. The molecular weight excluding hydrogens is 455 g/mol. The number of esters is 1. The molecule has 1 aromatic rings. The van der Waals surface area contributed by atoms with Crippen LogP contribution in [0.1, 0.15) is 12.0 Å². The van der Waals surface area contributed by atoms with Gasteiger partial charge in [0, 0.05) is 9.99 Å². The van der Waals surface area contributed by atoms with Gasteiger partial charge < -0.3 is 15.8 Å². The molecular formula is C21H23IN2O3. The first-order valence-corrected chi connectivity index (χ1v) is 9.66. The van der Waals surface area contributed by atoms with Gasteiger partial charge in [-0.3, -0.25) is 4.79 Å². The Bertz CT molecular complexity index is 779. The minimum Gasteiger partial charge on any atom is -0.467 e. The van der Waals surface area contributed by atoms with E-state index < -0.39 is 18.1 Å². The van der Waals surface area contributed by atoms with Crippen molar-refractivity contribution < 1.29 is 14.3 Å². The van der Waals surface area contributed by atoms with E-state index in [1.165, 1.54) is 7.11 Å². The van der Waals surface area contributed by atoms with Gasteiger partial charge in [0.2, 0.25) is 5.91 Å². The standard InChI is InChI=1S/C21H23IN2O3/c1-27-21(26)19(14-15-7-5-3-2-4-6-8-15)24-20(25)18(23)13-16-9-11-17(22)12-10-16/h2-12,18-19H,13-14,23H2,1H3,(H,24,25)/b3-2-,4-2?,5-3?,6-4-,7-5?,8-6?,15-7?,15-8?/t18-,19+/m1/s1. The smallest absolute Gasteiger partial charge is 0.328 e. The van der Waals surface area contributed by atoms with Crippen molar-refractivity contribution in [3.8, 4) is 0 Å². The van der Waals surface area contributed by atoms with Crippen molar-refractivity contribution in [1.29, 1.82) is 0 Å². The zero-order chi connectivity index (χ0) is 19.6. The summed E-state index contributed by atoms with van der Waals surface area (Å²) in [4.78, 5) is 24.6. The minimum absolute atomic E-state index is 0.323. The molecule has 1 aliphatic rings. The van der Waals surface area contributed by atoms with Crippen molar-refractivity contribution in [3.05, 3.63) is 81.5 Å². The van der Waals surface area contributed by atoms with E-state index in [0.717, 1.165) is 14.7 Å². The van der Waals surface area contributed by atoms with Gasteiger partial charge in [-0.1, -0.05) is 54.7 Å². The molecule has 0 saturated carbocycles. The second kappa shape index (κ2) is 10.8. The van der Waals surface area contributed by atoms with Crippen molar-refractivity contribution in [1.82, 2.24) is 5.32 Å². The van der Waals surface area contributed by atoms with Gasteiger partial charge in [-0.2, -0.15) is 0 Å². The van der Waals surface area contributed by atoms with Gasteiger partial charge in [-0.15, -0.1) is 0 Å². The molecule has 2 rings (SSSR count). The first kappa shape index (κ1) is 21.1. The molecule has 3 N–H and O–H groups in total. The molecule has 0 unspecified atom stereocenters. The Morgan fingerprint density at radius 1 is 1.07 bits per heavy atom. The van der Waals surface area contributed by atoms with E-state index in [4.69, 9.17) is 10.5 Å². The fourth-order valence-electron chi connectivity index (χ4n) is 2.56. The number of carbonyl (C=O) groups excluding carboxylic acids is 2. The van der Waals surface area contributed by atoms with E-state index in [-0.39, 0.29) is 5.91 Å². The summed E-state index contributed by atoms with van der Waals surface area (Å²) in [6, 6.07) is 6.27. The van der Waals surface area contributed by atoms with Crippen molar-refractivity contribution >= 4 is 34.5 Å². The molecule has 1 amide bonds. The van der Waals surface area contributed by atoms with E-state index in [1.807, 2.05) is 66.8 Å². The lowest BCUT2D eigenvalue weighted by Gasteiger charge is -2.20. The summed E-state index contributed by atoms with van der Waals surface area (Å²) in [6.45, 7) is 0. The summed E-state index contributed by atoms with van der Waals surface area (Å²) in [5.41, 5.74) is 7.91. The Balaban J connectivity index is 2.02. The third-order valence-electron chi connectivity index (χ3n) is 4.01. The molecule has 0 fully saturated rings. The number of carbonyl (C=O) groups is 2. The van der Waals surface area contributed by atoms with Gasteiger partial charge in [0.1, 0.15) is 6.04 Å². The quantitative estimate of drug-likeness (QED) is 0.467. The van der Waals surface area contributed by atoms with Gasteiger partial charge in [-0.25, -0.2) is 4.79 Å². The molecule has 142 valence electrons. The monoisotopic (exact) mass is 478 g/mol. The van der Waals surface area contributed by atoms with Crippen LogP contribution in [0.2, 0.25) is 0 Å². The molecule has 0 bridgehead atoms. The van der Waals surface area contributed by atoms with Crippen molar-refractivity contribution in [2.75, 3.05) is 7.11 Å². The molecule has 0 radical (unpaired) electrons. The Labute approximate surface area is 173 Å². The lowest BCUT2D eigenvalue weighted by molar-refractivity contribution is -0.145. The predicted octanol–water partition coefficient (Wildman–Crippen LogP) is 2.82. The van der Waals surface area contributed by atoms with Crippen LogP contribution in [0.15, 0.2) is 72.4 Å². The van der Waals surface area contributed by atoms with Crippen LogP contribution in [0.5, 0.6) is 0 Å². The van der Waals surface area contributed by atoms with Crippen LogP contribution in [0, 0.1) is 3.57 Å². The zero-order valence-electron chi connectivity index (χ0n) is 15.1. The second-order valence-corrected chi connectivity index (χ2v) is 7.34. The van der Waals surface area contributed by atoms with E-state index in [9.17, 15) is 9.59 Å². The summed E-state index contributed by atoms with van der Waals surface area (Å²) in [5, 5.41) is 2.73.